The van der Waals surface area contributed by atoms with Gasteiger partial charge in [-0.2, -0.15) is 11.8 Å². The molecule has 1 aliphatic carbocycles. The highest BCUT2D eigenvalue weighted by atomic mass is 79.9. The molecule has 0 amide bonds. The van der Waals surface area contributed by atoms with Crippen LogP contribution in [0.3, 0.4) is 0 Å². The standard InChI is InChI=1S/C12H16BrClN2S/c1-17-10-4-2-9(3-5-10)16-12-11(14)6-8(13)7-15-12/h6-7,9-10H,2-5H2,1H3,(H,15,16). The van der Waals surface area contributed by atoms with Gasteiger partial charge < -0.3 is 5.32 Å². The van der Waals surface area contributed by atoms with Crippen molar-refractivity contribution in [3.05, 3.63) is 21.8 Å². The Hall–Kier alpha value is 0.0700. The fourth-order valence-electron chi connectivity index (χ4n) is 2.16. The molecule has 0 atom stereocenters. The van der Waals surface area contributed by atoms with Gasteiger partial charge in [0.25, 0.3) is 0 Å². The zero-order valence-corrected chi connectivity index (χ0v) is 12.9. The number of thioether (sulfide) groups is 1. The Bertz CT molecular complexity index is 381. The molecule has 1 fully saturated rings. The van der Waals surface area contributed by atoms with E-state index >= 15 is 0 Å². The minimum atomic E-state index is 0.518. The summed E-state index contributed by atoms with van der Waals surface area (Å²) in [5.74, 6) is 0.808. The van der Waals surface area contributed by atoms with Gasteiger partial charge >= 0.3 is 0 Å². The van der Waals surface area contributed by atoms with Crippen molar-refractivity contribution in [2.45, 2.75) is 37.0 Å². The molecule has 2 nitrogen and oxygen atoms in total. The van der Waals surface area contributed by atoms with E-state index in [4.69, 9.17) is 11.6 Å². The first-order chi connectivity index (χ1) is 8.19. The van der Waals surface area contributed by atoms with Gasteiger partial charge in [-0.3, -0.25) is 0 Å². The van der Waals surface area contributed by atoms with Gasteiger partial charge in [0.05, 0.1) is 5.02 Å². The molecule has 0 spiro atoms. The topological polar surface area (TPSA) is 24.9 Å². The molecule has 94 valence electrons. The van der Waals surface area contributed by atoms with Crippen LogP contribution in [0.5, 0.6) is 0 Å². The average molecular weight is 336 g/mol. The second kappa shape index (κ2) is 6.30. The molecule has 0 saturated heterocycles. The van der Waals surface area contributed by atoms with Crippen LogP contribution in [0, 0.1) is 0 Å². The monoisotopic (exact) mass is 334 g/mol. The second-order valence-electron chi connectivity index (χ2n) is 4.34. The summed E-state index contributed by atoms with van der Waals surface area (Å²) in [6.45, 7) is 0. The van der Waals surface area contributed by atoms with Crippen LogP contribution >= 0.6 is 39.3 Å². The second-order valence-corrected chi connectivity index (χ2v) is 6.80. The van der Waals surface area contributed by atoms with Gasteiger partial charge in [-0.1, -0.05) is 11.6 Å². The Morgan fingerprint density at radius 1 is 1.41 bits per heavy atom. The molecular formula is C12H16BrClN2S. The Labute approximate surface area is 120 Å². The normalized spacial score (nSPS) is 24.6. The van der Waals surface area contributed by atoms with Crippen molar-refractivity contribution in [1.29, 1.82) is 0 Å². The van der Waals surface area contributed by atoms with Gasteiger partial charge in [-0.25, -0.2) is 4.98 Å². The van der Waals surface area contributed by atoms with Crippen LogP contribution in [0.25, 0.3) is 0 Å². The Kier molecular flexibility index (Phi) is 5.00. The number of aromatic nitrogens is 1. The summed E-state index contributed by atoms with van der Waals surface area (Å²) in [5, 5.41) is 4.97. The maximum absolute atomic E-state index is 6.15. The zero-order valence-electron chi connectivity index (χ0n) is 9.75. The van der Waals surface area contributed by atoms with E-state index in [0.29, 0.717) is 11.1 Å². The van der Waals surface area contributed by atoms with Crippen molar-refractivity contribution in [2.75, 3.05) is 11.6 Å². The van der Waals surface area contributed by atoms with E-state index in [2.05, 4.69) is 32.5 Å². The van der Waals surface area contributed by atoms with Crippen LogP contribution < -0.4 is 5.32 Å². The first-order valence-electron chi connectivity index (χ1n) is 5.79. The molecule has 1 aliphatic rings. The van der Waals surface area contributed by atoms with E-state index in [1.54, 1.807) is 6.20 Å². The first-order valence-corrected chi connectivity index (χ1v) is 8.25. The van der Waals surface area contributed by atoms with Crippen LogP contribution in [0.4, 0.5) is 5.82 Å². The van der Waals surface area contributed by atoms with E-state index in [-0.39, 0.29) is 0 Å². The molecule has 0 radical (unpaired) electrons. The van der Waals surface area contributed by atoms with Gasteiger partial charge in [-0.05, 0) is 53.9 Å². The van der Waals surface area contributed by atoms with E-state index in [9.17, 15) is 0 Å². The maximum atomic E-state index is 6.15. The Morgan fingerprint density at radius 3 is 2.71 bits per heavy atom. The summed E-state index contributed by atoms with van der Waals surface area (Å²) in [7, 11) is 0. The van der Waals surface area contributed by atoms with Gasteiger partial charge in [0.1, 0.15) is 5.82 Å². The number of pyridine rings is 1. The maximum Gasteiger partial charge on any atom is 0.145 e. The number of nitrogens with zero attached hydrogens (tertiary/aromatic N) is 1. The van der Waals surface area contributed by atoms with Crippen LogP contribution in [0.2, 0.25) is 5.02 Å². The van der Waals surface area contributed by atoms with Gasteiger partial charge in [-0.15, -0.1) is 0 Å². The highest BCUT2D eigenvalue weighted by molar-refractivity contribution is 9.10. The van der Waals surface area contributed by atoms with Gasteiger partial charge in [0.2, 0.25) is 0 Å². The van der Waals surface area contributed by atoms with Crippen LogP contribution in [0.15, 0.2) is 16.7 Å². The van der Waals surface area contributed by atoms with Crippen molar-refractivity contribution in [2.24, 2.45) is 0 Å². The summed E-state index contributed by atoms with van der Waals surface area (Å²) in [6.07, 6.45) is 8.96. The lowest BCUT2D eigenvalue weighted by Gasteiger charge is -2.28. The molecule has 1 aromatic heterocycles. The van der Waals surface area contributed by atoms with Gasteiger partial charge in [0, 0.05) is 22.0 Å². The smallest absolute Gasteiger partial charge is 0.145 e. The molecule has 5 heteroatoms. The minimum Gasteiger partial charge on any atom is -0.366 e. The predicted octanol–water partition coefficient (Wildman–Crippen LogP) is 4.58. The van der Waals surface area contributed by atoms with E-state index in [1.165, 1.54) is 25.7 Å². The molecule has 0 bridgehead atoms. The quantitative estimate of drug-likeness (QED) is 0.875. The third kappa shape index (κ3) is 3.76. The van der Waals surface area contributed by atoms with Crippen LogP contribution in [0.1, 0.15) is 25.7 Å². The zero-order chi connectivity index (χ0) is 12.3. The van der Waals surface area contributed by atoms with E-state index < -0.39 is 0 Å². The van der Waals surface area contributed by atoms with Crippen molar-refractivity contribution >= 4 is 45.1 Å². The van der Waals surface area contributed by atoms with Crippen LogP contribution in [-0.2, 0) is 0 Å². The molecule has 0 aromatic carbocycles. The van der Waals surface area contributed by atoms with E-state index in [1.807, 2.05) is 17.8 Å². The first kappa shape index (κ1) is 13.5. The van der Waals surface area contributed by atoms with Crippen LogP contribution in [-0.4, -0.2) is 22.5 Å². The third-order valence-corrected chi connectivity index (χ3v) is 5.02. The fourth-order valence-corrected chi connectivity index (χ4v) is 3.58. The molecule has 2 rings (SSSR count). The summed E-state index contributed by atoms with van der Waals surface area (Å²) in [4.78, 5) is 4.32. The van der Waals surface area contributed by atoms with Crippen molar-refractivity contribution in [3.63, 3.8) is 0 Å². The van der Waals surface area contributed by atoms with Gasteiger partial charge in [0.15, 0.2) is 0 Å². The van der Waals surface area contributed by atoms with Crippen molar-refractivity contribution < 1.29 is 0 Å². The molecule has 0 aliphatic heterocycles. The highest BCUT2D eigenvalue weighted by Gasteiger charge is 2.21. The number of rotatable bonds is 3. The number of anilines is 1. The molecule has 1 N–H and O–H groups in total. The lowest BCUT2D eigenvalue weighted by Crippen LogP contribution is -2.27. The molecule has 17 heavy (non-hydrogen) atoms. The summed E-state index contributed by atoms with van der Waals surface area (Å²) in [5.41, 5.74) is 0. The summed E-state index contributed by atoms with van der Waals surface area (Å²) >= 11 is 11.5. The SMILES string of the molecule is CSC1CCC(Nc2ncc(Br)cc2Cl)CC1. The third-order valence-electron chi connectivity index (χ3n) is 3.16. The minimum absolute atomic E-state index is 0.518. The fraction of sp³-hybridized carbons (Fsp3) is 0.583. The van der Waals surface area contributed by atoms with Crippen molar-refractivity contribution in [1.82, 2.24) is 4.98 Å². The molecule has 0 unspecified atom stereocenters. The largest absolute Gasteiger partial charge is 0.366 e. The molecule has 1 heterocycles. The summed E-state index contributed by atoms with van der Waals surface area (Å²) < 4.78 is 0.916. The molecular weight excluding hydrogens is 320 g/mol. The summed E-state index contributed by atoms with van der Waals surface area (Å²) in [6, 6.07) is 2.40. The van der Waals surface area contributed by atoms with Crippen molar-refractivity contribution in [3.8, 4) is 0 Å². The number of nitrogens with one attached hydrogen (secondary N) is 1. The van der Waals surface area contributed by atoms with E-state index in [0.717, 1.165) is 15.5 Å². The average Bonchev–Trinajstić information content (AvgIpc) is 2.34. The lowest BCUT2D eigenvalue weighted by atomic mass is 9.95. The molecule has 1 aromatic rings. The number of halogens is 2. The predicted molar refractivity (Wildman–Crippen MR) is 80.1 cm³/mol. The molecule has 1 saturated carbocycles. The number of hydrogen-bond acceptors (Lipinski definition) is 3. The Morgan fingerprint density at radius 2 is 2.12 bits per heavy atom. The number of hydrogen-bond donors (Lipinski definition) is 1. The lowest BCUT2D eigenvalue weighted by molar-refractivity contribution is 0.472. The highest BCUT2D eigenvalue weighted by Crippen LogP contribution is 2.30. The Balaban J connectivity index is 1.93.